The smallest absolute Gasteiger partial charge is 0.407 e. The van der Waals surface area contributed by atoms with Gasteiger partial charge in [0, 0.05) is 30.4 Å². The van der Waals surface area contributed by atoms with Crippen LogP contribution >= 0.6 is 0 Å². The van der Waals surface area contributed by atoms with Crippen molar-refractivity contribution < 1.29 is 28.7 Å². The monoisotopic (exact) mass is 762 g/mol. The topological polar surface area (TPSA) is 163 Å². The molecule has 3 fully saturated rings. The number of amides is 4. The minimum absolute atomic E-state index is 0.0867. The fourth-order valence-corrected chi connectivity index (χ4v) is 8.45. The van der Waals surface area contributed by atoms with Gasteiger partial charge in [-0.3, -0.25) is 14.6 Å². The summed E-state index contributed by atoms with van der Waals surface area (Å²) in [5.74, 6) is 0.160. The molecule has 2 saturated heterocycles. The van der Waals surface area contributed by atoms with Crippen LogP contribution in [0, 0.1) is 17.9 Å². The van der Waals surface area contributed by atoms with Crippen LogP contribution in [-0.2, 0) is 19.1 Å². The zero-order valence-electron chi connectivity index (χ0n) is 32.6. The Balaban J connectivity index is 1.05. The number of aromatic nitrogens is 2. The first-order valence-electron chi connectivity index (χ1n) is 19.5. The Morgan fingerprint density at radius 2 is 1.68 bits per heavy atom. The van der Waals surface area contributed by atoms with Gasteiger partial charge in [-0.05, 0) is 71.1 Å². The van der Waals surface area contributed by atoms with Gasteiger partial charge in [-0.2, -0.15) is 0 Å². The number of imidazole rings is 1. The van der Waals surface area contributed by atoms with Crippen molar-refractivity contribution >= 4 is 46.1 Å². The molecule has 3 aliphatic heterocycles. The molecule has 4 heterocycles. The fraction of sp³-hybridized carbons (Fsp3) is 0.500. The molecule has 14 heteroatoms. The minimum Gasteiger partial charge on any atom is -0.453 e. The number of carbonyl (C=O) groups is 4. The van der Waals surface area contributed by atoms with Crippen molar-refractivity contribution in [3.05, 3.63) is 71.6 Å². The summed E-state index contributed by atoms with van der Waals surface area (Å²) >= 11 is 0. The lowest BCUT2D eigenvalue weighted by atomic mass is 9.94. The number of H-pyrrole nitrogens is 1. The van der Waals surface area contributed by atoms with Gasteiger partial charge < -0.3 is 39.7 Å². The quantitative estimate of drug-likeness (QED) is 0.194. The van der Waals surface area contributed by atoms with Crippen LogP contribution in [-0.4, -0.2) is 101 Å². The number of likely N-dealkylation sites (tertiary alicyclic amines) is 2. The van der Waals surface area contributed by atoms with Crippen molar-refractivity contribution in [3.8, 4) is 11.3 Å². The number of nitrogens with one attached hydrogen (secondary N) is 3. The molecule has 3 aromatic rings. The summed E-state index contributed by atoms with van der Waals surface area (Å²) in [5, 5.41) is 7.53. The van der Waals surface area contributed by atoms with E-state index in [0.717, 1.165) is 58.1 Å². The number of allylic oxidation sites excluding steroid dienone is 1. The first kappa shape index (κ1) is 38.6. The third-order valence-corrected chi connectivity index (χ3v) is 11.8. The number of methoxy groups -OCH3 is 2. The van der Waals surface area contributed by atoms with E-state index in [1.807, 2.05) is 37.9 Å². The lowest BCUT2D eigenvalue weighted by Gasteiger charge is -2.31. The fourth-order valence-electron chi connectivity index (χ4n) is 8.45. The number of aliphatic imine (C=N–C) groups is 1. The van der Waals surface area contributed by atoms with Gasteiger partial charge in [0.05, 0.1) is 51.2 Å². The van der Waals surface area contributed by atoms with Gasteiger partial charge in [-0.25, -0.2) is 21.1 Å². The zero-order chi connectivity index (χ0) is 39.7. The summed E-state index contributed by atoms with van der Waals surface area (Å²) in [6, 6.07) is 10.2. The maximum Gasteiger partial charge on any atom is 0.407 e. The Kier molecular flexibility index (Phi) is 10.9. The van der Waals surface area contributed by atoms with Crippen LogP contribution in [0.3, 0.4) is 0 Å². The molecule has 0 bridgehead atoms. The molecular weight excluding hydrogens is 713 g/mol. The summed E-state index contributed by atoms with van der Waals surface area (Å²) in [7, 11) is 2.57. The highest BCUT2D eigenvalue weighted by Crippen LogP contribution is 2.55. The molecule has 3 N–H and O–H groups in total. The number of alkyl carbamates (subject to hydrolysis) is 2. The Labute approximate surface area is 326 Å². The summed E-state index contributed by atoms with van der Waals surface area (Å²) < 4.78 is 9.57. The van der Waals surface area contributed by atoms with Gasteiger partial charge in [0.2, 0.25) is 17.9 Å². The average molecular weight is 763 g/mol. The summed E-state index contributed by atoms with van der Waals surface area (Å²) in [4.78, 5) is 72.0. The second-order valence-corrected chi connectivity index (χ2v) is 16.0. The van der Waals surface area contributed by atoms with Gasteiger partial charge in [0.15, 0.2) is 0 Å². The molecule has 4 aliphatic rings. The molecule has 1 aliphatic carbocycles. The highest BCUT2D eigenvalue weighted by atomic mass is 16.5. The van der Waals surface area contributed by atoms with Gasteiger partial charge in [-0.1, -0.05) is 51.5 Å². The van der Waals surface area contributed by atoms with Crippen molar-refractivity contribution in [3.63, 3.8) is 0 Å². The van der Waals surface area contributed by atoms with Crippen molar-refractivity contribution in [2.45, 2.75) is 95.9 Å². The van der Waals surface area contributed by atoms with Gasteiger partial charge in [0.1, 0.15) is 17.9 Å². The molecule has 294 valence electrons. The Hall–Kier alpha value is -5.71. The number of nitrogens with zero attached hydrogens (tertiary/aromatic N) is 5. The number of carbonyl (C=O) groups excluding carboxylic acids is 4. The Morgan fingerprint density at radius 1 is 0.982 bits per heavy atom. The maximum absolute atomic E-state index is 13.9. The number of aromatic amines is 1. The van der Waals surface area contributed by atoms with Gasteiger partial charge >= 0.3 is 12.2 Å². The molecule has 0 radical (unpaired) electrons. The predicted octanol–water partition coefficient (Wildman–Crippen LogP) is 6.26. The molecule has 56 heavy (non-hydrogen) atoms. The zero-order valence-corrected chi connectivity index (χ0v) is 32.6. The third-order valence-electron chi connectivity index (χ3n) is 11.8. The number of ether oxygens (including phenoxy) is 2. The van der Waals surface area contributed by atoms with Crippen molar-refractivity contribution in [1.29, 1.82) is 0 Å². The summed E-state index contributed by atoms with van der Waals surface area (Å²) in [6.07, 6.45) is 7.72. The van der Waals surface area contributed by atoms with Crippen LogP contribution < -0.4 is 10.6 Å². The molecule has 1 aromatic heterocycles. The van der Waals surface area contributed by atoms with Crippen LogP contribution in [0.15, 0.2) is 53.8 Å². The standard InChI is InChI=1S/C42H50N8O6/c1-7-8-31(47-40(53)55-5)38(51)49-22-30(43-4)18-34(49)37-45-21-33(46-37)28-12-11-25-15-27(10-9-26(25)16-28)29-17-32(44-20-29)35-19-42(13-14-42)23-50(35)39(52)36(24(2)3)48-41(54)56-6/h9-12,15-16,20-21,24,30-31,34-36H,7-8,13-14,17-19,22-23H2,1-3,5-6H3,(H,45,46)(H,47,53)(H,48,54)/t30-,31-,34-,35-,36-/m0/s1. The highest BCUT2D eigenvalue weighted by molar-refractivity contribution is 6.04. The van der Waals surface area contributed by atoms with E-state index >= 15 is 0 Å². The third kappa shape index (κ3) is 7.72. The van der Waals surface area contributed by atoms with E-state index in [0.29, 0.717) is 38.1 Å². The Morgan fingerprint density at radius 3 is 2.34 bits per heavy atom. The average Bonchev–Trinajstić information content (AvgIpc) is 3.70. The second-order valence-electron chi connectivity index (χ2n) is 16.0. The van der Waals surface area contributed by atoms with E-state index < -0.39 is 30.3 Å². The van der Waals surface area contributed by atoms with Crippen LogP contribution in [0.5, 0.6) is 0 Å². The number of hydrogen-bond acceptors (Lipinski definition) is 8. The van der Waals surface area contributed by atoms with Crippen LogP contribution in [0.4, 0.5) is 9.59 Å². The van der Waals surface area contributed by atoms with Crippen molar-refractivity contribution in [2.75, 3.05) is 27.3 Å². The number of rotatable bonds is 11. The largest absolute Gasteiger partial charge is 0.453 e. The first-order chi connectivity index (χ1) is 27.0. The van der Waals surface area contributed by atoms with E-state index in [4.69, 9.17) is 21.0 Å². The molecule has 1 spiro atoms. The number of benzene rings is 2. The van der Waals surface area contributed by atoms with Crippen molar-refractivity contribution in [2.24, 2.45) is 16.3 Å². The highest BCUT2D eigenvalue weighted by Gasteiger charge is 2.55. The van der Waals surface area contributed by atoms with Gasteiger partial charge in [0.25, 0.3) is 0 Å². The molecule has 0 unspecified atom stereocenters. The lowest BCUT2D eigenvalue weighted by molar-refractivity contribution is -0.135. The molecule has 14 nitrogen and oxygen atoms in total. The molecule has 4 amide bonds. The maximum atomic E-state index is 13.9. The van der Waals surface area contributed by atoms with E-state index in [1.165, 1.54) is 14.2 Å². The molecule has 5 atom stereocenters. The molecule has 7 rings (SSSR count). The number of fused-ring (bicyclic) bond motifs is 1. The summed E-state index contributed by atoms with van der Waals surface area (Å²) in [5.41, 5.74) is 5.02. The molecule has 1 saturated carbocycles. The second kappa shape index (κ2) is 15.8. The first-order valence-corrected chi connectivity index (χ1v) is 19.5. The van der Waals surface area contributed by atoms with E-state index in [-0.39, 0.29) is 41.8 Å². The van der Waals surface area contributed by atoms with E-state index in [1.54, 1.807) is 11.1 Å². The number of hydrogen-bond donors (Lipinski definition) is 3. The van der Waals surface area contributed by atoms with E-state index in [9.17, 15) is 19.2 Å². The normalized spacial score (nSPS) is 22.1. The lowest BCUT2D eigenvalue weighted by Crippen LogP contribution is -2.53. The Bertz CT molecular complexity index is 2130. The predicted molar refractivity (Wildman–Crippen MR) is 211 cm³/mol. The van der Waals surface area contributed by atoms with Crippen molar-refractivity contribution in [1.82, 2.24) is 30.4 Å². The minimum atomic E-state index is -0.756. The molecule has 2 aromatic carbocycles. The van der Waals surface area contributed by atoms with Crippen LogP contribution in [0.1, 0.15) is 83.1 Å². The van der Waals surface area contributed by atoms with E-state index in [2.05, 4.69) is 55.8 Å². The van der Waals surface area contributed by atoms with Crippen LogP contribution in [0.2, 0.25) is 0 Å². The van der Waals surface area contributed by atoms with Crippen LogP contribution in [0.25, 0.3) is 32.4 Å². The SMILES string of the molecule is [C-]#[N+][C@H]1C[C@@H](c2ncc(-c3ccc4cc(C5=CN=C([C@@H]6CC7(CC7)CN6C(=O)[C@@H](NC(=O)OC)C(C)C)C5)ccc4c3)[nH]2)N(C(=O)[C@H](CCC)NC(=O)OC)C1. The molecular formula is C42H50N8O6. The summed E-state index contributed by atoms with van der Waals surface area (Å²) in [6.45, 7) is 14.4. The van der Waals surface area contributed by atoms with Gasteiger partial charge in [-0.15, -0.1) is 0 Å².